The lowest BCUT2D eigenvalue weighted by molar-refractivity contribution is 0.278. The molecule has 0 heterocycles. The fourth-order valence-corrected chi connectivity index (χ4v) is 1.66. The zero-order chi connectivity index (χ0) is 9.73. The van der Waals surface area contributed by atoms with Gasteiger partial charge in [0.05, 0.1) is 0 Å². The minimum Gasteiger partial charge on any atom is -0.425 e. The summed E-state index contributed by atoms with van der Waals surface area (Å²) in [5.74, 6) is 0.516. The summed E-state index contributed by atoms with van der Waals surface area (Å²) < 4.78 is 21.3. The zero-order valence-corrected chi connectivity index (χ0v) is 8.24. The van der Waals surface area contributed by atoms with Gasteiger partial charge in [0.2, 0.25) is 0 Å². The number of benzene rings is 1. The Kier molecular flexibility index (Phi) is 3.48. The number of nitrogens with two attached hydrogens (primary N) is 1. The maximum absolute atomic E-state index is 11.5. The Morgan fingerprint density at radius 1 is 1.38 bits per heavy atom. The van der Waals surface area contributed by atoms with Crippen LogP contribution in [0.15, 0.2) is 30.3 Å². The molecule has 0 aliphatic rings. The summed E-state index contributed by atoms with van der Waals surface area (Å²) in [6.45, 7) is 1.27. The van der Waals surface area contributed by atoms with Crippen molar-refractivity contribution in [3.63, 3.8) is 0 Å². The molecule has 4 nitrogen and oxygen atoms in total. The first kappa shape index (κ1) is 10.3. The Bertz CT molecular complexity index is 302. The van der Waals surface area contributed by atoms with E-state index in [1.165, 1.54) is 6.66 Å². The van der Waals surface area contributed by atoms with E-state index in [1.807, 2.05) is 6.07 Å². The highest BCUT2D eigenvalue weighted by atomic mass is 31.2. The van der Waals surface area contributed by atoms with Crippen LogP contribution >= 0.6 is 7.60 Å². The summed E-state index contributed by atoms with van der Waals surface area (Å²) >= 11 is 0. The van der Waals surface area contributed by atoms with Gasteiger partial charge in [-0.3, -0.25) is 4.52 Å². The SMILES string of the molecule is CP(=O)(OCN)Oc1ccccc1. The van der Waals surface area contributed by atoms with Crippen LogP contribution in [0.25, 0.3) is 0 Å². The monoisotopic (exact) mass is 201 g/mol. The third-order valence-electron chi connectivity index (χ3n) is 1.32. The van der Waals surface area contributed by atoms with Crippen LogP contribution in [0.5, 0.6) is 5.75 Å². The molecule has 0 aliphatic heterocycles. The van der Waals surface area contributed by atoms with Crippen molar-refractivity contribution in [2.45, 2.75) is 0 Å². The van der Waals surface area contributed by atoms with Gasteiger partial charge >= 0.3 is 7.60 Å². The van der Waals surface area contributed by atoms with Gasteiger partial charge in [-0.15, -0.1) is 0 Å². The van der Waals surface area contributed by atoms with E-state index in [4.69, 9.17) is 14.8 Å². The van der Waals surface area contributed by atoms with Crippen molar-refractivity contribution < 1.29 is 13.6 Å². The predicted molar refractivity (Wildman–Crippen MR) is 50.7 cm³/mol. The molecule has 5 heteroatoms. The van der Waals surface area contributed by atoms with Gasteiger partial charge < -0.3 is 10.3 Å². The summed E-state index contributed by atoms with van der Waals surface area (Å²) in [7, 11) is -3.04. The second-order valence-electron chi connectivity index (χ2n) is 2.47. The molecule has 0 aliphatic carbocycles. The highest BCUT2D eigenvalue weighted by Gasteiger charge is 2.16. The summed E-state index contributed by atoms with van der Waals surface area (Å²) in [5.41, 5.74) is 5.09. The molecule has 0 bridgehead atoms. The fraction of sp³-hybridized carbons (Fsp3) is 0.250. The van der Waals surface area contributed by atoms with E-state index in [1.54, 1.807) is 24.3 Å². The molecule has 2 N–H and O–H groups in total. The summed E-state index contributed by atoms with van der Waals surface area (Å²) in [6, 6.07) is 8.83. The molecule has 1 atom stereocenters. The average molecular weight is 201 g/mol. The average Bonchev–Trinajstić information content (AvgIpc) is 2.04. The predicted octanol–water partition coefficient (Wildman–Crippen LogP) is 1.82. The quantitative estimate of drug-likeness (QED) is 0.596. The van der Waals surface area contributed by atoms with Crippen LogP contribution < -0.4 is 10.3 Å². The maximum atomic E-state index is 11.5. The molecule has 1 aromatic rings. The molecule has 0 aromatic heterocycles. The number of rotatable bonds is 4. The number of hydrogen-bond acceptors (Lipinski definition) is 4. The second-order valence-corrected chi connectivity index (χ2v) is 4.45. The molecule has 1 unspecified atom stereocenters. The van der Waals surface area contributed by atoms with Crippen LogP contribution in [0.1, 0.15) is 0 Å². The molecule has 1 aromatic carbocycles. The molecular formula is C8H12NO3P. The van der Waals surface area contributed by atoms with E-state index in [0.29, 0.717) is 5.75 Å². The molecular weight excluding hydrogens is 189 g/mol. The van der Waals surface area contributed by atoms with Gasteiger partial charge in [-0.1, -0.05) is 18.2 Å². The highest BCUT2D eigenvalue weighted by molar-refractivity contribution is 7.53. The molecule has 72 valence electrons. The molecule has 0 amide bonds. The van der Waals surface area contributed by atoms with Crippen molar-refractivity contribution in [1.29, 1.82) is 0 Å². The minimum atomic E-state index is -3.04. The van der Waals surface area contributed by atoms with Crippen molar-refractivity contribution >= 4 is 7.60 Å². The van der Waals surface area contributed by atoms with Gasteiger partial charge in [0.1, 0.15) is 12.5 Å². The summed E-state index contributed by atoms with van der Waals surface area (Å²) in [4.78, 5) is 0. The zero-order valence-electron chi connectivity index (χ0n) is 7.34. The van der Waals surface area contributed by atoms with Gasteiger partial charge in [0, 0.05) is 6.66 Å². The van der Waals surface area contributed by atoms with E-state index in [-0.39, 0.29) is 6.73 Å². The Hall–Kier alpha value is -0.830. The van der Waals surface area contributed by atoms with Gasteiger partial charge in [-0.25, -0.2) is 4.57 Å². The molecule has 0 spiro atoms. The van der Waals surface area contributed by atoms with Crippen LogP contribution in [0, 0.1) is 0 Å². The lowest BCUT2D eigenvalue weighted by Crippen LogP contribution is -2.05. The lowest BCUT2D eigenvalue weighted by Gasteiger charge is -2.13. The smallest absolute Gasteiger partial charge is 0.377 e. The second kappa shape index (κ2) is 4.42. The van der Waals surface area contributed by atoms with Gasteiger partial charge in [-0.05, 0) is 12.1 Å². The van der Waals surface area contributed by atoms with E-state index in [9.17, 15) is 4.57 Å². The van der Waals surface area contributed by atoms with Crippen molar-refractivity contribution in [2.24, 2.45) is 5.73 Å². The van der Waals surface area contributed by atoms with Crippen LogP contribution in [0.4, 0.5) is 0 Å². The van der Waals surface area contributed by atoms with Crippen molar-refractivity contribution in [3.8, 4) is 5.75 Å². The Morgan fingerprint density at radius 3 is 2.54 bits per heavy atom. The molecule has 0 saturated carbocycles. The third-order valence-corrected chi connectivity index (χ3v) is 2.48. The first-order valence-electron chi connectivity index (χ1n) is 3.81. The van der Waals surface area contributed by atoms with Crippen LogP contribution in [0.3, 0.4) is 0 Å². The standard InChI is InChI=1S/C8H12NO3P/c1-13(10,11-7-9)12-8-5-3-2-4-6-8/h2-6H,7,9H2,1H3. The Labute approximate surface area is 77.2 Å². The normalized spacial score (nSPS) is 14.9. The van der Waals surface area contributed by atoms with Crippen molar-refractivity contribution in [2.75, 3.05) is 13.4 Å². The third kappa shape index (κ3) is 3.59. The fourth-order valence-electron chi connectivity index (χ4n) is 0.835. The molecule has 1 rings (SSSR count). The van der Waals surface area contributed by atoms with Crippen LogP contribution in [-0.4, -0.2) is 13.4 Å². The Morgan fingerprint density at radius 2 is 2.00 bits per heavy atom. The maximum Gasteiger partial charge on any atom is 0.377 e. The van der Waals surface area contributed by atoms with Gasteiger partial charge in [0.15, 0.2) is 0 Å². The molecule has 0 radical (unpaired) electrons. The van der Waals surface area contributed by atoms with Crippen LogP contribution in [0.2, 0.25) is 0 Å². The van der Waals surface area contributed by atoms with Crippen molar-refractivity contribution in [1.82, 2.24) is 0 Å². The van der Waals surface area contributed by atoms with E-state index in [0.717, 1.165) is 0 Å². The van der Waals surface area contributed by atoms with E-state index in [2.05, 4.69) is 0 Å². The first-order valence-corrected chi connectivity index (χ1v) is 5.80. The minimum absolute atomic E-state index is 0.111. The van der Waals surface area contributed by atoms with Gasteiger partial charge in [0.25, 0.3) is 0 Å². The summed E-state index contributed by atoms with van der Waals surface area (Å²) in [5, 5.41) is 0. The molecule has 0 fully saturated rings. The number of hydrogen-bond donors (Lipinski definition) is 1. The lowest BCUT2D eigenvalue weighted by atomic mass is 10.3. The molecule has 0 saturated heterocycles. The Balaban J connectivity index is 2.64. The largest absolute Gasteiger partial charge is 0.425 e. The number of para-hydroxylation sites is 1. The van der Waals surface area contributed by atoms with Crippen molar-refractivity contribution in [3.05, 3.63) is 30.3 Å². The van der Waals surface area contributed by atoms with Crippen LogP contribution in [-0.2, 0) is 9.09 Å². The highest BCUT2D eigenvalue weighted by Crippen LogP contribution is 2.43. The first-order chi connectivity index (χ1) is 6.14. The molecule has 13 heavy (non-hydrogen) atoms. The summed E-state index contributed by atoms with van der Waals surface area (Å²) in [6.07, 6.45) is 0. The van der Waals surface area contributed by atoms with E-state index < -0.39 is 7.60 Å². The topological polar surface area (TPSA) is 61.5 Å². The van der Waals surface area contributed by atoms with Gasteiger partial charge in [-0.2, -0.15) is 0 Å². The van der Waals surface area contributed by atoms with E-state index >= 15 is 0 Å².